The van der Waals surface area contributed by atoms with Gasteiger partial charge in [0.25, 0.3) is 11.8 Å². The third-order valence-electron chi connectivity index (χ3n) is 4.63. The average molecular weight is 484 g/mol. The molecular formula is C21H26ClN3O6S. The number of methoxy groups -OCH3 is 1. The third kappa shape index (κ3) is 6.12. The fourth-order valence-corrected chi connectivity index (χ4v) is 4.27. The van der Waals surface area contributed by atoms with Gasteiger partial charge in [-0.1, -0.05) is 23.7 Å². The SMILES string of the molecule is COc1cc(C(=O)NCc2ccc(S(=O)(=O)N(C)C(C)C)cc2)cc(Cl)c1OCC(N)=O. The van der Waals surface area contributed by atoms with Crippen LogP contribution in [0.3, 0.4) is 0 Å². The molecule has 0 unspecified atom stereocenters. The summed E-state index contributed by atoms with van der Waals surface area (Å²) in [6.07, 6.45) is 0. The van der Waals surface area contributed by atoms with Crippen LogP contribution >= 0.6 is 11.6 Å². The van der Waals surface area contributed by atoms with Crippen LogP contribution in [-0.2, 0) is 21.4 Å². The molecule has 0 heterocycles. The van der Waals surface area contributed by atoms with Crippen molar-refractivity contribution in [2.24, 2.45) is 5.73 Å². The van der Waals surface area contributed by atoms with E-state index >= 15 is 0 Å². The Kier molecular flexibility index (Phi) is 8.48. The molecule has 0 radical (unpaired) electrons. The number of carbonyl (C=O) groups is 2. The van der Waals surface area contributed by atoms with Crippen molar-refractivity contribution in [3.8, 4) is 11.5 Å². The predicted octanol–water partition coefficient (Wildman–Crippen LogP) is 2.17. The lowest BCUT2D eigenvalue weighted by Gasteiger charge is -2.21. The Morgan fingerprint density at radius 3 is 2.34 bits per heavy atom. The lowest BCUT2D eigenvalue weighted by Crippen LogP contribution is -2.33. The molecule has 174 valence electrons. The second kappa shape index (κ2) is 10.7. The maximum atomic E-state index is 12.6. The smallest absolute Gasteiger partial charge is 0.255 e. The van der Waals surface area contributed by atoms with Gasteiger partial charge in [0.2, 0.25) is 10.0 Å². The van der Waals surface area contributed by atoms with Crippen LogP contribution < -0.4 is 20.5 Å². The second-order valence-electron chi connectivity index (χ2n) is 7.19. The summed E-state index contributed by atoms with van der Waals surface area (Å²) < 4.78 is 36.8. The molecule has 2 amide bonds. The Labute approximate surface area is 192 Å². The second-order valence-corrected chi connectivity index (χ2v) is 9.59. The minimum atomic E-state index is -3.58. The predicted molar refractivity (Wildman–Crippen MR) is 120 cm³/mol. The maximum absolute atomic E-state index is 12.6. The summed E-state index contributed by atoms with van der Waals surface area (Å²) >= 11 is 6.17. The standard InChI is InChI=1S/C21H26ClN3O6S/c1-13(2)25(3)32(28,29)16-7-5-14(6-8-16)11-24-21(27)15-9-17(22)20(18(10-15)30-4)31-12-19(23)26/h5-10,13H,11-12H2,1-4H3,(H2,23,26)(H,24,27). The van der Waals surface area contributed by atoms with Crippen molar-refractivity contribution in [3.05, 3.63) is 52.5 Å². The molecule has 0 aliphatic rings. The van der Waals surface area contributed by atoms with E-state index < -0.39 is 21.8 Å². The highest BCUT2D eigenvalue weighted by Crippen LogP contribution is 2.36. The molecule has 2 aromatic rings. The number of sulfonamides is 1. The highest BCUT2D eigenvalue weighted by molar-refractivity contribution is 7.89. The van der Waals surface area contributed by atoms with E-state index in [4.69, 9.17) is 26.8 Å². The molecule has 0 spiro atoms. The number of ether oxygens (including phenoxy) is 2. The van der Waals surface area contributed by atoms with Crippen LogP contribution in [0.4, 0.5) is 0 Å². The van der Waals surface area contributed by atoms with Gasteiger partial charge < -0.3 is 20.5 Å². The molecule has 2 rings (SSSR count). The van der Waals surface area contributed by atoms with E-state index in [1.165, 1.54) is 42.7 Å². The van der Waals surface area contributed by atoms with Crippen LogP contribution in [0.2, 0.25) is 5.02 Å². The Morgan fingerprint density at radius 2 is 1.81 bits per heavy atom. The van der Waals surface area contributed by atoms with Gasteiger partial charge in [0, 0.05) is 25.2 Å². The Bertz CT molecular complexity index is 1090. The molecule has 0 aromatic heterocycles. The fourth-order valence-electron chi connectivity index (χ4n) is 2.64. The Balaban J connectivity index is 2.11. The van der Waals surface area contributed by atoms with Gasteiger partial charge in [-0.2, -0.15) is 4.31 Å². The molecule has 32 heavy (non-hydrogen) atoms. The van der Waals surface area contributed by atoms with Crippen molar-refractivity contribution in [1.29, 1.82) is 0 Å². The monoisotopic (exact) mass is 483 g/mol. The highest BCUT2D eigenvalue weighted by Gasteiger charge is 2.23. The van der Waals surface area contributed by atoms with Crippen molar-refractivity contribution in [2.75, 3.05) is 20.8 Å². The first-order valence-electron chi connectivity index (χ1n) is 9.61. The molecule has 0 atom stereocenters. The summed E-state index contributed by atoms with van der Waals surface area (Å²) in [7, 11) is -0.682. The Hall–Kier alpha value is -2.82. The first-order chi connectivity index (χ1) is 15.0. The molecule has 0 fully saturated rings. The zero-order chi connectivity index (χ0) is 24.1. The van der Waals surface area contributed by atoms with Crippen molar-refractivity contribution in [1.82, 2.24) is 9.62 Å². The van der Waals surface area contributed by atoms with Crippen LogP contribution in [0, 0.1) is 0 Å². The quantitative estimate of drug-likeness (QED) is 0.533. The van der Waals surface area contributed by atoms with E-state index in [1.54, 1.807) is 26.0 Å². The lowest BCUT2D eigenvalue weighted by atomic mass is 10.1. The number of hydrogen-bond donors (Lipinski definition) is 2. The number of carbonyl (C=O) groups excluding carboxylic acids is 2. The zero-order valence-electron chi connectivity index (χ0n) is 18.2. The van der Waals surface area contributed by atoms with Gasteiger partial charge in [-0.3, -0.25) is 9.59 Å². The molecule has 9 nitrogen and oxygen atoms in total. The van der Waals surface area contributed by atoms with Gasteiger partial charge in [-0.15, -0.1) is 0 Å². The minimum Gasteiger partial charge on any atom is -0.493 e. The summed E-state index contributed by atoms with van der Waals surface area (Å²) in [5, 5.41) is 2.82. The van der Waals surface area contributed by atoms with Crippen molar-refractivity contribution in [2.45, 2.75) is 31.3 Å². The molecule has 11 heteroatoms. The van der Waals surface area contributed by atoms with Gasteiger partial charge in [-0.05, 0) is 43.7 Å². The normalized spacial score (nSPS) is 11.5. The van der Waals surface area contributed by atoms with Gasteiger partial charge in [0.05, 0.1) is 17.0 Å². The molecule has 0 bridgehead atoms. The van der Waals surface area contributed by atoms with Crippen LogP contribution in [0.25, 0.3) is 0 Å². The summed E-state index contributed by atoms with van der Waals surface area (Å²) in [5.74, 6) is -0.831. The zero-order valence-corrected chi connectivity index (χ0v) is 19.8. The van der Waals surface area contributed by atoms with E-state index in [-0.39, 0.29) is 46.2 Å². The molecule has 0 aliphatic heterocycles. The number of nitrogens with two attached hydrogens (primary N) is 1. The van der Waals surface area contributed by atoms with E-state index in [0.29, 0.717) is 5.56 Å². The number of amides is 2. The first kappa shape index (κ1) is 25.4. The summed E-state index contributed by atoms with van der Waals surface area (Å²) in [6, 6.07) is 8.91. The number of hydrogen-bond acceptors (Lipinski definition) is 6. The topological polar surface area (TPSA) is 128 Å². The van der Waals surface area contributed by atoms with E-state index in [0.717, 1.165) is 0 Å². The Morgan fingerprint density at radius 1 is 1.19 bits per heavy atom. The van der Waals surface area contributed by atoms with E-state index in [9.17, 15) is 18.0 Å². The number of halogens is 1. The summed E-state index contributed by atoms with van der Waals surface area (Å²) in [5.41, 5.74) is 6.00. The van der Waals surface area contributed by atoms with Gasteiger partial charge in [-0.25, -0.2) is 8.42 Å². The van der Waals surface area contributed by atoms with Crippen LogP contribution in [0.1, 0.15) is 29.8 Å². The number of primary amides is 1. The molecule has 0 saturated carbocycles. The molecule has 0 saturated heterocycles. The minimum absolute atomic E-state index is 0.0829. The lowest BCUT2D eigenvalue weighted by molar-refractivity contribution is -0.119. The molecule has 0 aliphatic carbocycles. The summed E-state index contributed by atoms with van der Waals surface area (Å²) in [6.45, 7) is 3.36. The number of nitrogens with zero attached hydrogens (tertiary/aromatic N) is 1. The van der Waals surface area contributed by atoms with E-state index in [1.807, 2.05) is 0 Å². The van der Waals surface area contributed by atoms with Crippen LogP contribution in [-0.4, -0.2) is 51.3 Å². The van der Waals surface area contributed by atoms with Crippen LogP contribution in [0.15, 0.2) is 41.3 Å². The van der Waals surface area contributed by atoms with Crippen molar-refractivity contribution >= 4 is 33.4 Å². The largest absolute Gasteiger partial charge is 0.493 e. The van der Waals surface area contributed by atoms with Crippen molar-refractivity contribution < 1.29 is 27.5 Å². The first-order valence-corrected chi connectivity index (χ1v) is 11.4. The fraction of sp³-hybridized carbons (Fsp3) is 0.333. The van der Waals surface area contributed by atoms with Gasteiger partial charge >= 0.3 is 0 Å². The molecule has 3 N–H and O–H groups in total. The van der Waals surface area contributed by atoms with Crippen LogP contribution in [0.5, 0.6) is 11.5 Å². The van der Waals surface area contributed by atoms with Gasteiger partial charge in [0.1, 0.15) is 0 Å². The molecule has 2 aromatic carbocycles. The maximum Gasteiger partial charge on any atom is 0.255 e. The number of nitrogens with one attached hydrogen (secondary N) is 1. The van der Waals surface area contributed by atoms with E-state index in [2.05, 4.69) is 5.32 Å². The number of benzene rings is 2. The van der Waals surface area contributed by atoms with Crippen molar-refractivity contribution in [3.63, 3.8) is 0 Å². The van der Waals surface area contributed by atoms with Gasteiger partial charge in [0.15, 0.2) is 18.1 Å². The summed E-state index contributed by atoms with van der Waals surface area (Å²) in [4.78, 5) is 23.7. The average Bonchev–Trinajstić information content (AvgIpc) is 2.75. The highest BCUT2D eigenvalue weighted by atomic mass is 35.5. The third-order valence-corrected chi connectivity index (χ3v) is 6.96. The number of rotatable bonds is 10. The molecular weight excluding hydrogens is 458 g/mol.